The van der Waals surface area contributed by atoms with E-state index in [0.29, 0.717) is 5.13 Å². The minimum atomic E-state index is -3.56. The molecule has 0 saturated heterocycles. The van der Waals surface area contributed by atoms with Crippen LogP contribution in [0.3, 0.4) is 0 Å². The number of aromatic nitrogens is 2. The topological polar surface area (TPSA) is 105 Å². The standard InChI is InChI=1S/C23H17N3O4S2/c27-22(21-11-10-15(30-21)14-32(28,29)16-6-2-1-3-7-16)26-23-25-20(13-31-23)18-12-24-19-9-5-4-8-17(18)19/h1-13,24H,14H2,(H,25,26,27). The third-order valence-electron chi connectivity index (χ3n) is 4.91. The number of thiazole rings is 1. The Bertz CT molecular complexity index is 1510. The first-order valence-electron chi connectivity index (χ1n) is 9.69. The number of para-hydroxylation sites is 1. The highest BCUT2D eigenvalue weighted by atomic mass is 32.2. The summed E-state index contributed by atoms with van der Waals surface area (Å²) in [6.45, 7) is 0. The van der Waals surface area contributed by atoms with Crippen LogP contribution in [-0.2, 0) is 15.6 Å². The lowest BCUT2D eigenvalue weighted by Gasteiger charge is -2.02. The Balaban J connectivity index is 1.30. The zero-order valence-corrected chi connectivity index (χ0v) is 18.2. The van der Waals surface area contributed by atoms with Gasteiger partial charge in [-0.2, -0.15) is 0 Å². The van der Waals surface area contributed by atoms with E-state index >= 15 is 0 Å². The van der Waals surface area contributed by atoms with Gasteiger partial charge in [0.05, 0.1) is 10.6 Å². The molecular formula is C23H17N3O4S2. The zero-order valence-electron chi connectivity index (χ0n) is 16.6. The molecule has 5 rings (SSSR count). The predicted molar refractivity (Wildman–Crippen MR) is 123 cm³/mol. The van der Waals surface area contributed by atoms with E-state index in [-0.39, 0.29) is 22.2 Å². The number of furan rings is 1. The first-order valence-corrected chi connectivity index (χ1v) is 12.2. The Morgan fingerprint density at radius 3 is 2.66 bits per heavy atom. The van der Waals surface area contributed by atoms with Gasteiger partial charge in [-0.15, -0.1) is 11.3 Å². The molecule has 0 aliphatic heterocycles. The average Bonchev–Trinajstić information content (AvgIpc) is 3.53. The predicted octanol–water partition coefficient (Wildman–Crippen LogP) is 5.11. The van der Waals surface area contributed by atoms with Crippen LogP contribution in [0.5, 0.6) is 0 Å². The first-order chi connectivity index (χ1) is 15.5. The molecule has 32 heavy (non-hydrogen) atoms. The van der Waals surface area contributed by atoms with Crippen molar-refractivity contribution in [1.29, 1.82) is 0 Å². The molecule has 0 unspecified atom stereocenters. The van der Waals surface area contributed by atoms with Crippen molar-refractivity contribution in [1.82, 2.24) is 9.97 Å². The number of hydrogen-bond donors (Lipinski definition) is 2. The van der Waals surface area contributed by atoms with Crippen molar-refractivity contribution < 1.29 is 17.6 Å². The Kier molecular flexibility index (Phi) is 5.12. The van der Waals surface area contributed by atoms with Gasteiger partial charge in [0.25, 0.3) is 5.91 Å². The van der Waals surface area contributed by atoms with Crippen molar-refractivity contribution >= 4 is 43.1 Å². The molecule has 0 radical (unpaired) electrons. The third-order valence-corrected chi connectivity index (χ3v) is 7.32. The normalized spacial score (nSPS) is 11.6. The lowest BCUT2D eigenvalue weighted by atomic mass is 10.1. The molecule has 3 aromatic heterocycles. The number of rotatable bonds is 6. The SMILES string of the molecule is O=C(Nc1nc(-c2c[nH]c3ccccc23)cs1)c1ccc(CS(=O)(=O)c2ccccc2)o1. The Morgan fingerprint density at radius 1 is 1.03 bits per heavy atom. The lowest BCUT2D eigenvalue weighted by molar-refractivity contribution is 0.0995. The molecule has 3 heterocycles. The second kappa shape index (κ2) is 8.10. The Hall–Kier alpha value is -3.69. The van der Waals surface area contributed by atoms with Crippen LogP contribution in [0.1, 0.15) is 16.3 Å². The third kappa shape index (κ3) is 3.95. The van der Waals surface area contributed by atoms with Crippen LogP contribution in [0.25, 0.3) is 22.2 Å². The second-order valence-electron chi connectivity index (χ2n) is 7.08. The van der Waals surface area contributed by atoms with Crippen LogP contribution in [-0.4, -0.2) is 24.3 Å². The number of fused-ring (bicyclic) bond motifs is 1. The van der Waals surface area contributed by atoms with Crippen molar-refractivity contribution in [2.45, 2.75) is 10.6 Å². The molecule has 5 aromatic rings. The van der Waals surface area contributed by atoms with Gasteiger partial charge >= 0.3 is 0 Å². The van der Waals surface area contributed by atoms with Gasteiger partial charge in [-0.3, -0.25) is 10.1 Å². The minimum absolute atomic E-state index is 0.0205. The van der Waals surface area contributed by atoms with Crippen LogP contribution >= 0.6 is 11.3 Å². The maximum atomic E-state index is 12.6. The molecule has 1 amide bonds. The summed E-state index contributed by atoms with van der Waals surface area (Å²) in [6, 6.07) is 19.0. The molecular weight excluding hydrogens is 446 g/mol. The maximum absolute atomic E-state index is 12.6. The monoisotopic (exact) mass is 463 g/mol. The van der Waals surface area contributed by atoms with Crippen LogP contribution in [0.2, 0.25) is 0 Å². The fraction of sp³-hybridized carbons (Fsp3) is 0.0435. The molecule has 2 aromatic carbocycles. The summed E-state index contributed by atoms with van der Waals surface area (Å²) in [5.74, 6) is -0.607. The van der Waals surface area contributed by atoms with Crippen molar-refractivity contribution in [3.05, 3.63) is 89.8 Å². The van der Waals surface area contributed by atoms with Crippen LogP contribution < -0.4 is 5.32 Å². The van der Waals surface area contributed by atoms with E-state index < -0.39 is 15.7 Å². The average molecular weight is 464 g/mol. The fourth-order valence-electron chi connectivity index (χ4n) is 3.37. The number of benzene rings is 2. The highest BCUT2D eigenvalue weighted by molar-refractivity contribution is 7.90. The number of nitrogens with one attached hydrogen (secondary N) is 2. The number of nitrogens with zero attached hydrogens (tertiary/aromatic N) is 1. The number of carbonyl (C=O) groups excluding carboxylic acids is 1. The molecule has 160 valence electrons. The Labute approximate surface area is 187 Å². The molecule has 0 atom stereocenters. The summed E-state index contributed by atoms with van der Waals surface area (Å²) >= 11 is 1.30. The number of carbonyl (C=O) groups is 1. The van der Waals surface area contributed by atoms with Crippen LogP contribution in [0, 0.1) is 0 Å². The van der Waals surface area contributed by atoms with E-state index in [1.807, 2.05) is 35.8 Å². The number of hydrogen-bond acceptors (Lipinski definition) is 6. The van der Waals surface area contributed by atoms with E-state index in [9.17, 15) is 13.2 Å². The van der Waals surface area contributed by atoms with Gasteiger partial charge in [-0.25, -0.2) is 13.4 Å². The lowest BCUT2D eigenvalue weighted by Crippen LogP contribution is -2.10. The van der Waals surface area contributed by atoms with Gasteiger partial charge in [0, 0.05) is 28.0 Å². The van der Waals surface area contributed by atoms with E-state index in [4.69, 9.17) is 4.42 Å². The summed E-state index contributed by atoms with van der Waals surface area (Å²) in [5, 5.41) is 6.05. The smallest absolute Gasteiger partial charge is 0.293 e. The number of aromatic amines is 1. The van der Waals surface area contributed by atoms with E-state index in [1.54, 1.807) is 18.2 Å². The van der Waals surface area contributed by atoms with Crippen LogP contribution in [0.15, 0.2) is 87.6 Å². The second-order valence-corrected chi connectivity index (χ2v) is 9.93. The Morgan fingerprint density at radius 2 is 1.81 bits per heavy atom. The van der Waals surface area contributed by atoms with Gasteiger partial charge in [0.1, 0.15) is 11.5 Å². The number of amides is 1. The molecule has 7 nitrogen and oxygen atoms in total. The summed E-state index contributed by atoms with van der Waals surface area (Å²) in [6.07, 6.45) is 1.89. The van der Waals surface area contributed by atoms with E-state index in [2.05, 4.69) is 15.3 Å². The molecule has 0 spiro atoms. The largest absolute Gasteiger partial charge is 0.455 e. The van der Waals surface area contributed by atoms with Crippen molar-refractivity contribution in [2.24, 2.45) is 0 Å². The first kappa shape index (κ1) is 20.2. The summed E-state index contributed by atoms with van der Waals surface area (Å²) in [5.41, 5.74) is 2.70. The molecule has 0 saturated carbocycles. The molecule has 2 N–H and O–H groups in total. The number of sulfone groups is 1. The van der Waals surface area contributed by atoms with Crippen molar-refractivity contribution in [2.75, 3.05) is 5.32 Å². The molecule has 9 heteroatoms. The maximum Gasteiger partial charge on any atom is 0.293 e. The molecule has 0 aliphatic carbocycles. The van der Waals surface area contributed by atoms with Crippen LogP contribution in [0.4, 0.5) is 5.13 Å². The minimum Gasteiger partial charge on any atom is -0.455 e. The molecule has 0 fully saturated rings. The van der Waals surface area contributed by atoms with Gasteiger partial charge in [-0.1, -0.05) is 36.4 Å². The highest BCUT2D eigenvalue weighted by Crippen LogP contribution is 2.31. The molecule has 0 aliphatic rings. The van der Waals surface area contributed by atoms with Gasteiger partial charge < -0.3 is 9.40 Å². The quantitative estimate of drug-likeness (QED) is 0.364. The summed E-state index contributed by atoms with van der Waals surface area (Å²) in [4.78, 5) is 20.5. The fourth-order valence-corrected chi connectivity index (χ4v) is 5.35. The van der Waals surface area contributed by atoms with E-state index in [0.717, 1.165) is 22.2 Å². The number of H-pyrrole nitrogens is 1. The van der Waals surface area contributed by atoms with Gasteiger partial charge in [0.2, 0.25) is 0 Å². The van der Waals surface area contributed by atoms with Crippen molar-refractivity contribution in [3.8, 4) is 11.3 Å². The molecule has 0 bridgehead atoms. The van der Waals surface area contributed by atoms with E-state index in [1.165, 1.54) is 35.6 Å². The van der Waals surface area contributed by atoms with Gasteiger partial charge in [-0.05, 0) is 30.3 Å². The zero-order chi connectivity index (χ0) is 22.1. The van der Waals surface area contributed by atoms with Crippen molar-refractivity contribution in [3.63, 3.8) is 0 Å². The number of anilines is 1. The van der Waals surface area contributed by atoms with Gasteiger partial charge in [0.15, 0.2) is 20.7 Å². The summed E-state index contributed by atoms with van der Waals surface area (Å²) < 4.78 is 30.5. The summed E-state index contributed by atoms with van der Waals surface area (Å²) in [7, 11) is -3.56. The highest BCUT2D eigenvalue weighted by Gasteiger charge is 2.20.